The summed E-state index contributed by atoms with van der Waals surface area (Å²) in [6.07, 6.45) is 1.58. The number of hydrogen-bond acceptors (Lipinski definition) is 2. The minimum atomic E-state index is -0.672. The van der Waals surface area contributed by atoms with E-state index in [2.05, 4.69) is 14.1 Å². The molecular weight excluding hydrogens is 226 g/mol. The third-order valence-corrected chi connectivity index (χ3v) is 4.96. The predicted octanol–water partition coefficient (Wildman–Crippen LogP) is 1.51. The summed E-state index contributed by atoms with van der Waals surface area (Å²) in [4.78, 5) is 0. The van der Waals surface area contributed by atoms with Gasteiger partial charge in [0.05, 0.1) is 27.3 Å². The van der Waals surface area contributed by atoms with Crippen molar-refractivity contribution in [1.29, 1.82) is 0 Å². The molecule has 2 aliphatic rings. The van der Waals surface area contributed by atoms with Gasteiger partial charge in [0, 0.05) is 12.8 Å². The van der Waals surface area contributed by atoms with Crippen molar-refractivity contribution >= 4 is 0 Å². The number of rotatable bonds is 1. The number of morpholine rings is 1. The van der Waals surface area contributed by atoms with Crippen LogP contribution in [0.15, 0.2) is 30.3 Å². The molecule has 0 spiro atoms. The van der Waals surface area contributed by atoms with Crippen molar-refractivity contribution in [1.82, 2.24) is 0 Å². The van der Waals surface area contributed by atoms with Gasteiger partial charge in [0.1, 0.15) is 17.7 Å². The van der Waals surface area contributed by atoms with E-state index >= 15 is 0 Å². The van der Waals surface area contributed by atoms with E-state index in [1.807, 2.05) is 30.3 Å². The molecular formula is C15H22NO2+. The van der Waals surface area contributed by atoms with E-state index in [4.69, 9.17) is 4.74 Å². The third-order valence-electron chi connectivity index (χ3n) is 4.96. The van der Waals surface area contributed by atoms with Crippen LogP contribution in [0.3, 0.4) is 0 Å². The van der Waals surface area contributed by atoms with E-state index < -0.39 is 5.60 Å². The van der Waals surface area contributed by atoms with Crippen LogP contribution in [0.4, 0.5) is 0 Å². The topological polar surface area (TPSA) is 29.5 Å². The molecule has 0 aromatic heterocycles. The van der Waals surface area contributed by atoms with Gasteiger partial charge in [-0.05, 0) is 5.56 Å². The Morgan fingerprint density at radius 2 is 1.67 bits per heavy atom. The highest BCUT2D eigenvalue weighted by Gasteiger charge is 2.53. The van der Waals surface area contributed by atoms with Gasteiger partial charge in [0.15, 0.2) is 0 Å². The number of likely N-dealkylation sites (N-methyl/N-ethyl adjacent to an activating group) is 1. The van der Waals surface area contributed by atoms with Gasteiger partial charge in [0.2, 0.25) is 0 Å². The summed E-state index contributed by atoms with van der Waals surface area (Å²) in [5, 5.41) is 11.0. The molecule has 2 bridgehead atoms. The first-order valence-corrected chi connectivity index (χ1v) is 6.71. The van der Waals surface area contributed by atoms with Crippen molar-refractivity contribution in [2.75, 3.05) is 27.3 Å². The van der Waals surface area contributed by atoms with Gasteiger partial charge in [-0.25, -0.2) is 0 Å². The Kier molecular flexibility index (Phi) is 2.73. The number of fused-ring (bicyclic) bond motifs is 2. The van der Waals surface area contributed by atoms with E-state index in [1.54, 1.807) is 0 Å². The number of hydrogen-bond donors (Lipinski definition) is 1. The van der Waals surface area contributed by atoms with E-state index in [0.717, 1.165) is 36.1 Å². The van der Waals surface area contributed by atoms with Crippen LogP contribution in [-0.2, 0) is 10.3 Å². The summed E-state index contributed by atoms with van der Waals surface area (Å²) in [5.74, 6) is 0. The largest absolute Gasteiger partial charge is 0.385 e. The lowest BCUT2D eigenvalue weighted by molar-refractivity contribution is -0.955. The molecule has 0 aliphatic carbocycles. The Hall–Kier alpha value is -0.900. The van der Waals surface area contributed by atoms with Crippen LogP contribution in [-0.4, -0.2) is 49.0 Å². The van der Waals surface area contributed by atoms with Crippen molar-refractivity contribution in [3.8, 4) is 0 Å². The van der Waals surface area contributed by atoms with Crippen molar-refractivity contribution in [3.63, 3.8) is 0 Å². The monoisotopic (exact) mass is 248 g/mol. The highest BCUT2D eigenvalue weighted by atomic mass is 16.5. The number of aliphatic hydroxyl groups is 1. The molecule has 3 rings (SSSR count). The lowest BCUT2D eigenvalue weighted by Crippen LogP contribution is -2.68. The van der Waals surface area contributed by atoms with Crippen molar-refractivity contribution in [2.45, 2.75) is 30.5 Å². The van der Waals surface area contributed by atoms with Gasteiger partial charge in [0.25, 0.3) is 0 Å². The average Bonchev–Trinajstić information content (AvgIpc) is 2.33. The Bertz CT molecular complexity index is 413. The SMILES string of the molecule is C[N+]1(C)[C@@H]2COC[C@H]1CC(O)(c1ccccc1)C2. The molecule has 1 N–H and O–H groups in total. The number of quaternary nitrogens is 1. The zero-order chi connectivity index (χ0) is 12.8. The number of nitrogens with zero attached hydrogens (tertiary/aromatic N) is 1. The van der Waals surface area contributed by atoms with E-state index in [9.17, 15) is 5.11 Å². The minimum absolute atomic E-state index is 0.391. The molecule has 3 heteroatoms. The molecule has 0 amide bonds. The maximum atomic E-state index is 11.0. The third kappa shape index (κ3) is 1.78. The molecule has 1 aromatic rings. The van der Waals surface area contributed by atoms with Crippen LogP contribution in [0.5, 0.6) is 0 Å². The fourth-order valence-corrected chi connectivity index (χ4v) is 3.46. The first kappa shape index (κ1) is 12.2. The quantitative estimate of drug-likeness (QED) is 0.763. The standard InChI is InChI=1S/C15H22NO2/c1-16(2)13-8-15(17,9-14(16)11-18-10-13)12-6-4-3-5-7-12/h3-7,13-14,17H,8-11H2,1-2H3/q+1/t13-,14+,15?. The maximum Gasteiger partial charge on any atom is 0.116 e. The lowest BCUT2D eigenvalue weighted by atomic mass is 9.76. The molecule has 3 nitrogen and oxygen atoms in total. The summed E-state index contributed by atoms with van der Waals surface area (Å²) >= 11 is 0. The van der Waals surface area contributed by atoms with Crippen LogP contribution in [0.25, 0.3) is 0 Å². The van der Waals surface area contributed by atoms with Crippen LogP contribution in [0, 0.1) is 0 Å². The summed E-state index contributed by atoms with van der Waals surface area (Å²) in [5.41, 5.74) is 0.385. The molecule has 98 valence electrons. The maximum absolute atomic E-state index is 11.0. The van der Waals surface area contributed by atoms with Gasteiger partial charge in [-0.15, -0.1) is 0 Å². The second kappa shape index (κ2) is 4.05. The summed E-state index contributed by atoms with van der Waals surface area (Å²) in [7, 11) is 4.53. The Morgan fingerprint density at radius 3 is 2.22 bits per heavy atom. The van der Waals surface area contributed by atoms with E-state index in [1.165, 1.54) is 0 Å². The van der Waals surface area contributed by atoms with Crippen LogP contribution in [0.2, 0.25) is 0 Å². The zero-order valence-corrected chi connectivity index (χ0v) is 11.2. The highest BCUT2D eigenvalue weighted by Crippen LogP contribution is 2.43. The number of benzene rings is 1. The lowest BCUT2D eigenvalue weighted by Gasteiger charge is -2.55. The van der Waals surface area contributed by atoms with Crippen LogP contribution < -0.4 is 0 Å². The number of piperidine rings is 1. The molecule has 2 heterocycles. The molecule has 2 aliphatic heterocycles. The second-order valence-electron chi connectivity index (χ2n) is 6.28. The van der Waals surface area contributed by atoms with Gasteiger partial charge in [-0.2, -0.15) is 0 Å². The molecule has 3 atom stereocenters. The minimum Gasteiger partial charge on any atom is -0.385 e. The Morgan fingerprint density at radius 1 is 1.11 bits per heavy atom. The Labute approximate surface area is 109 Å². The normalized spacial score (nSPS) is 38.4. The first-order valence-electron chi connectivity index (χ1n) is 6.71. The van der Waals surface area contributed by atoms with Crippen molar-refractivity contribution in [3.05, 3.63) is 35.9 Å². The van der Waals surface area contributed by atoms with Gasteiger partial charge in [-0.3, -0.25) is 0 Å². The summed E-state index contributed by atoms with van der Waals surface area (Å²) in [6, 6.07) is 10.9. The molecule has 1 unspecified atom stereocenters. The van der Waals surface area contributed by atoms with E-state index in [-0.39, 0.29) is 0 Å². The fraction of sp³-hybridized carbons (Fsp3) is 0.600. The average molecular weight is 248 g/mol. The van der Waals surface area contributed by atoms with Crippen LogP contribution in [0.1, 0.15) is 18.4 Å². The fourth-order valence-electron chi connectivity index (χ4n) is 3.46. The molecule has 2 saturated heterocycles. The smallest absolute Gasteiger partial charge is 0.116 e. The molecule has 0 saturated carbocycles. The molecule has 1 aromatic carbocycles. The summed E-state index contributed by atoms with van der Waals surface area (Å²) in [6.45, 7) is 1.53. The van der Waals surface area contributed by atoms with Gasteiger partial charge in [-0.1, -0.05) is 30.3 Å². The molecule has 0 radical (unpaired) electrons. The molecule has 18 heavy (non-hydrogen) atoms. The second-order valence-corrected chi connectivity index (χ2v) is 6.28. The predicted molar refractivity (Wildman–Crippen MR) is 70.1 cm³/mol. The highest BCUT2D eigenvalue weighted by molar-refractivity contribution is 5.23. The van der Waals surface area contributed by atoms with Crippen molar-refractivity contribution in [2.24, 2.45) is 0 Å². The van der Waals surface area contributed by atoms with E-state index in [0.29, 0.717) is 12.1 Å². The zero-order valence-electron chi connectivity index (χ0n) is 11.2. The summed E-state index contributed by atoms with van der Waals surface area (Å²) < 4.78 is 6.66. The van der Waals surface area contributed by atoms with Gasteiger partial charge < -0.3 is 14.3 Å². The van der Waals surface area contributed by atoms with Crippen LogP contribution >= 0.6 is 0 Å². The number of ether oxygens (including phenoxy) is 1. The Balaban J connectivity index is 1.93. The molecule has 2 fully saturated rings. The van der Waals surface area contributed by atoms with Crippen molar-refractivity contribution < 1.29 is 14.3 Å². The first-order chi connectivity index (χ1) is 8.52. The van der Waals surface area contributed by atoms with Gasteiger partial charge >= 0.3 is 0 Å².